The minimum atomic E-state index is -0.509. The van der Waals surface area contributed by atoms with Crippen molar-refractivity contribution in [2.45, 2.75) is 25.8 Å². The fraction of sp³-hybridized carbons (Fsp3) is 0.462. The van der Waals surface area contributed by atoms with Gasteiger partial charge in [-0.05, 0) is 62.0 Å². The van der Waals surface area contributed by atoms with E-state index in [1.54, 1.807) is 17.0 Å². The molecule has 4 rings (SSSR count). The molecule has 0 unspecified atom stereocenters. The summed E-state index contributed by atoms with van der Waals surface area (Å²) in [5, 5.41) is 9.03. The van der Waals surface area contributed by atoms with Crippen LogP contribution in [0.2, 0.25) is 0 Å². The molecule has 0 atom stereocenters. The Hall–Kier alpha value is -3.11. The zero-order valence-corrected chi connectivity index (χ0v) is 19.0. The van der Waals surface area contributed by atoms with Crippen molar-refractivity contribution in [2.75, 3.05) is 50.8 Å². The Morgan fingerprint density at radius 3 is 2.45 bits per heavy atom. The van der Waals surface area contributed by atoms with E-state index in [1.807, 2.05) is 12.1 Å². The quantitative estimate of drug-likeness (QED) is 0.658. The van der Waals surface area contributed by atoms with E-state index in [9.17, 15) is 9.18 Å². The molecule has 174 valence electrons. The summed E-state index contributed by atoms with van der Waals surface area (Å²) < 4.78 is 19.1. The highest BCUT2D eigenvalue weighted by Gasteiger charge is 2.24. The van der Waals surface area contributed by atoms with Crippen molar-refractivity contribution in [3.05, 3.63) is 65.5 Å². The number of amides is 1. The summed E-state index contributed by atoms with van der Waals surface area (Å²) in [4.78, 5) is 18.8. The third kappa shape index (κ3) is 6.23. The minimum absolute atomic E-state index is 0.0419. The standard InChI is InChI=1S/C26H31FN4O2/c27-25-7-6-24(18-23(25)19-28)30-13-15-31(16-14-30)26(32)33-17-10-21-8-11-29(12-9-21)20-22-4-2-1-3-5-22/h1-7,18,21H,8-17,20H2. The minimum Gasteiger partial charge on any atom is -0.449 e. The molecule has 6 nitrogen and oxygen atoms in total. The maximum Gasteiger partial charge on any atom is 0.409 e. The zero-order valence-electron chi connectivity index (χ0n) is 19.0. The molecule has 33 heavy (non-hydrogen) atoms. The third-order valence-electron chi connectivity index (χ3n) is 6.68. The van der Waals surface area contributed by atoms with Gasteiger partial charge in [-0.25, -0.2) is 9.18 Å². The lowest BCUT2D eigenvalue weighted by Crippen LogP contribution is -2.49. The number of piperidine rings is 1. The molecule has 0 bridgehead atoms. The summed E-state index contributed by atoms with van der Waals surface area (Å²) in [6, 6.07) is 17.0. The van der Waals surface area contributed by atoms with E-state index in [0.717, 1.165) is 44.6 Å². The van der Waals surface area contributed by atoms with Gasteiger partial charge in [0.15, 0.2) is 0 Å². The highest BCUT2D eigenvalue weighted by molar-refractivity contribution is 5.68. The molecule has 2 fully saturated rings. The summed E-state index contributed by atoms with van der Waals surface area (Å²) in [5.41, 5.74) is 2.20. The maximum absolute atomic E-state index is 13.6. The molecule has 0 N–H and O–H groups in total. The Morgan fingerprint density at radius 2 is 1.76 bits per heavy atom. The molecule has 0 spiro atoms. The molecule has 1 amide bonds. The summed E-state index contributed by atoms with van der Waals surface area (Å²) in [7, 11) is 0. The number of ether oxygens (including phenoxy) is 1. The van der Waals surface area contributed by atoms with Crippen molar-refractivity contribution < 1.29 is 13.9 Å². The van der Waals surface area contributed by atoms with E-state index in [2.05, 4.69) is 34.1 Å². The van der Waals surface area contributed by atoms with Crippen molar-refractivity contribution in [2.24, 2.45) is 5.92 Å². The monoisotopic (exact) mass is 450 g/mol. The Kier molecular flexibility index (Phi) is 7.79. The highest BCUT2D eigenvalue weighted by Crippen LogP contribution is 2.23. The van der Waals surface area contributed by atoms with Crippen LogP contribution >= 0.6 is 0 Å². The van der Waals surface area contributed by atoms with Crippen LogP contribution in [-0.4, -0.2) is 61.8 Å². The Balaban J connectivity index is 1.13. The van der Waals surface area contributed by atoms with Crippen LogP contribution in [0, 0.1) is 23.1 Å². The summed E-state index contributed by atoms with van der Waals surface area (Å²) in [6.45, 7) is 6.01. The molecule has 2 aromatic rings. The lowest BCUT2D eigenvalue weighted by molar-refractivity contribution is 0.0874. The van der Waals surface area contributed by atoms with E-state index in [1.165, 1.54) is 11.6 Å². The molecule has 0 saturated carbocycles. The second-order valence-electron chi connectivity index (χ2n) is 8.86. The Labute approximate surface area is 195 Å². The Morgan fingerprint density at radius 1 is 1.03 bits per heavy atom. The van der Waals surface area contributed by atoms with Gasteiger partial charge in [0.2, 0.25) is 0 Å². The predicted octanol–water partition coefficient (Wildman–Crippen LogP) is 4.26. The number of piperazine rings is 1. The fourth-order valence-electron chi connectivity index (χ4n) is 4.62. The third-order valence-corrected chi connectivity index (χ3v) is 6.68. The van der Waals surface area contributed by atoms with Crippen molar-refractivity contribution in [1.82, 2.24) is 9.80 Å². The SMILES string of the molecule is N#Cc1cc(N2CCN(C(=O)OCCC3CCN(Cc4ccccc4)CC3)CC2)ccc1F. The van der Waals surface area contributed by atoms with Gasteiger partial charge in [-0.15, -0.1) is 0 Å². The number of nitrogens with zero attached hydrogens (tertiary/aromatic N) is 4. The Bertz CT molecular complexity index is 962. The number of hydrogen-bond acceptors (Lipinski definition) is 5. The molecule has 0 aliphatic carbocycles. The fourth-order valence-corrected chi connectivity index (χ4v) is 4.62. The van der Waals surface area contributed by atoms with E-state index < -0.39 is 5.82 Å². The van der Waals surface area contributed by atoms with Crippen LogP contribution < -0.4 is 4.90 Å². The van der Waals surface area contributed by atoms with Crippen LogP contribution in [0.3, 0.4) is 0 Å². The molecule has 2 saturated heterocycles. The molecular weight excluding hydrogens is 419 g/mol. The predicted molar refractivity (Wildman–Crippen MR) is 125 cm³/mol. The van der Waals surface area contributed by atoms with E-state index in [0.29, 0.717) is 38.7 Å². The molecule has 2 aliphatic heterocycles. The number of rotatable bonds is 6. The van der Waals surface area contributed by atoms with Crippen LogP contribution in [0.15, 0.2) is 48.5 Å². The van der Waals surface area contributed by atoms with Gasteiger partial charge in [0.05, 0.1) is 12.2 Å². The van der Waals surface area contributed by atoms with Gasteiger partial charge in [0.25, 0.3) is 0 Å². The average Bonchev–Trinajstić information content (AvgIpc) is 2.86. The molecule has 2 aliphatic rings. The average molecular weight is 451 g/mol. The van der Waals surface area contributed by atoms with Crippen LogP contribution in [0.25, 0.3) is 0 Å². The second kappa shape index (κ2) is 11.2. The van der Waals surface area contributed by atoms with Gasteiger partial charge < -0.3 is 14.5 Å². The summed E-state index contributed by atoms with van der Waals surface area (Å²) in [6.07, 6.45) is 2.95. The van der Waals surface area contributed by atoms with Gasteiger partial charge in [0, 0.05) is 38.4 Å². The maximum atomic E-state index is 13.6. The number of benzene rings is 2. The van der Waals surface area contributed by atoms with E-state index in [-0.39, 0.29) is 11.7 Å². The number of nitriles is 1. The second-order valence-corrected chi connectivity index (χ2v) is 8.86. The smallest absolute Gasteiger partial charge is 0.409 e. The van der Waals surface area contributed by atoms with E-state index in [4.69, 9.17) is 10.00 Å². The normalized spacial score (nSPS) is 17.6. The van der Waals surface area contributed by atoms with Crippen LogP contribution in [0.4, 0.5) is 14.9 Å². The zero-order chi connectivity index (χ0) is 23.0. The first kappa shape index (κ1) is 23.1. The number of anilines is 1. The van der Waals surface area contributed by atoms with Gasteiger partial charge in [0.1, 0.15) is 11.9 Å². The van der Waals surface area contributed by atoms with Crippen LogP contribution in [0.1, 0.15) is 30.4 Å². The molecule has 7 heteroatoms. The van der Waals surface area contributed by atoms with Gasteiger partial charge in [-0.2, -0.15) is 5.26 Å². The van der Waals surface area contributed by atoms with Crippen LogP contribution in [0.5, 0.6) is 0 Å². The molecule has 0 aromatic heterocycles. The highest BCUT2D eigenvalue weighted by atomic mass is 19.1. The van der Waals surface area contributed by atoms with Crippen molar-refractivity contribution in [3.63, 3.8) is 0 Å². The first-order valence-corrected chi connectivity index (χ1v) is 11.7. The van der Waals surface area contributed by atoms with E-state index >= 15 is 0 Å². The number of carbonyl (C=O) groups excluding carboxylic acids is 1. The number of hydrogen-bond donors (Lipinski definition) is 0. The van der Waals surface area contributed by atoms with Crippen LogP contribution in [-0.2, 0) is 11.3 Å². The molecular formula is C26H31FN4O2. The van der Waals surface area contributed by atoms with Crippen molar-refractivity contribution in [1.29, 1.82) is 5.26 Å². The number of carbonyl (C=O) groups is 1. The molecule has 0 radical (unpaired) electrons. The largest absolute Gasteiger partial charge is 0.449 e. The summed E-state index contributed by atoms with van der Waals surface area (Å²) in [5.74, 6) is 0.0970. The van der Waals surface area contributed by atoms with Gasteiger partial charge in [-0.1, -0.05) is 30.3 Å². The number of halogens is 1. The van der Waals surface area contributed by atoms with Crippen molar-refractivity contribution in [3.8, 4) is 6.07 Å². The van der Waals surface area contributed by atoms with Gasteiger partial charge >= 0.3 is 6.09 Å². The molecule has 2 heterocycles. The first-order valence-electron chi connectivity index (χ1n) is 11.7. The first-order chi connectivity index (χ1) is 16.1. The van der Waals surface area contributed by atoms with Gasteiger partial charge in [-0.3, -0.25) is 4.90 Å². The van der Waals surface area contributed by atoms with Crippen molar-refractivity contribution >= 4 is 11.8 Å². The molecule has 2 aromatic carbocycles. The lowest BCUT2D eigenvalue weighted by Gasteiger charge is -2.35. The summed E-state index contributed by atoms with van der Waals surface area (Å²) >= 11 is 0. The lowest BCUT2D eigenvalue weighted by atomic mass is 9.93. The topological polar surface area (TPSA) is 59.8 Å². The number of likely N-dealkylation sites (tertiary alicyclic amines) is 1.